The molecule has 0 bridgehead atoms. The van der Waals surface area contributed by atoms with Gasteiger partial charge >= 0.3 is 5.97 Å². The molecule has 0 aliphatic heterocycles. The summed E-state index contributed by atoms with van der Waals surface area (Å²) in [6.45, 7) is 1.79. The highest BCUT2D eigenvalue weighted by molar-refractivity contribution is 7.91. The summed E-state index contributed by atoms with van der Waals surface area (Å²) in [6.07, 6.45) is 2.99. The summed E-state index contributed by atoms with van der Waals surface area (Å²) in [5, 5.41) is 12.8. The molecule has 0 spiro atoms. The van der Waals surface area contributed by atoms with E-state index in [-0.39, 0.29) is 16.2 Å². The molecule has 1 heterocycles. The van der Waals surface area contributed by atoms with E-state index in [4.69, 9.17) is 5.11 Å². The zero-order valence-corrected chi connectivity index (χ0v) is 11.7. The van der Waals surface area contributed by atoms with Gasteiger partial charge in [-0.1, -0.05) is 19.1 Å². The minimum atomic E-state index is -3.41. The maximum absolute atomic E-state index is 12.2. The molecule has 7 heteroatoms. The van der Waals surface area contributed by atoms with E-state index in [1.54, 1.807) is 25.1 Å². The summed E-state index contributed by atoms with van der Waals surface area (Å²) < 4.78 is 25.7. The van der Waals surface area contributed by atoms with Crippen LogP contribution in [0.5, 0.6) is 0 Å². The molecule has 20 heavy (non-hydrogen) atoms. The SMILES string of the molecule is CCCS(=O)(=O)c1ccccc1-n1cc(C(=O)O)cn1. The Bertz CT molecular complexity index is 734. The largest absolute Gasteiger partial charge is 0.478 e. The Hall–Kier alpha value is -2.15. The van der Waals surface area contributed by atoms with Crippen LogP contribution >= 0.6 is 0 Å². The molecule has 0 saturated carbocycles. The van der Waals surface area contributed by atoms with Gasteiger partial charge < -0.3 is 5.11 Å². The average molecular weight is 294 g/mol. The van der Waals surface area contributed by atoms with Gasteiger partial charge in [-0.25, -0.2) is 17.9 Å². The van der Waals surface area contributed by atoms with Crippen LogP contribution in [0.2, 0.25) is 0 Å². The van der Waals surface area contributed by atoms with Gasteiger partial charge in [-0.3, -0.25) is 0 Å². The topological polar surface area (TPSA) is 89.3 Å². The molecule has 0 fully saturated rings. The molecule has 1 aromatic carbocycles. The number of hydrogen-bond acceptors (Lipinski definition) is 4. The number of rotatable bonds is 5. The average Bonchev–Trinajstić information content (AvgIpc) is 2.88. The molecular formula is C13H14N2O4S. The fourth-order valence-electron chi connectivity index (χ4n) is 1.85. The summed E-state index contributed by atoms with van der Waals surface area (Å²) in [7, 11) is -3.41. The molecule has 0 unspecified atom stereocenters. The minimum Gasteiger partial charge on any atom is -0.478 e. The molecule has 2 rings (SSSR count). The molecule has 1 aromatic heterocycles. The molecule has 0 amide bonds. The number of aromatic carboxylic acids is 1. The van der Waals surface area contributed by atoms with Crippen molar-refractivity contribution in [1.82, 2.24) is 9.78 Å². The first kappa shape index (κ1) is 14.3. The molecule has 0 radical (unpaired) electrons. The first-order valence-corrected chi connectivity index (χ1v) is 7.71. The number of sulfone groups is 1. The van der Waals surface area contributed by atoms with Crippen molar-refractivity contribution in [1.29, 1.82) is 0 Å². The molecular weight excluding hydrogens is 280 g/mol. The molecule has 0 aliphatic rings. The van der Waals surface area contributed by atoms with Gasteiger partial charge in [0.1, 0.15) is 0 Å². The maximum Gasteiger partial charge on any atom is 0.338 e. The highest BCUT2D eigenvalue weighted by atomic mass is 32.2. The third-order valence-corrected chi connectivity index (χ3v) is 4.71. The van der Waals surface area contributed by atoms with Crippen LogP contribution in [0.3, 0.4) is 0 Å². The summed E-state index contributed by atoms with van der Waals surface area (Å²) in [5.41, 5.74) is 0.362. The lowest BCUT2D eigenvalue weighted by Gasteiger charge is -2.09. The van der Waals surface area contributed by atoms with Crippen LogP contribution in [0.4, 0.5) is 0 Å². The van der Waals surface area contributed by atoms with E-state index in [0.717, 1.165) is 0 Å². The van der Waals surface area contributed by atoms with Gasteiger partial charge in [0.15, 0.2) is 9.84 Å². The number of carboxylic acids is 1. The smallest absolute Gasteiger partial charge is 0.338 e. The third kappa shape index (κ3) is 2.72. The molecule has 2 aromatic rings. The van der Waals surface area contributed by atoms with Crippen LogP contribution in [0.15, 0.2) is 41.6 Å². The van der Waals surface area contributed by atoms with Crippen LogP contribution in [0, 0.1) is 0 Å². The minimum absolute atomic E-state index is 0.00712. The fourth-order valence-corrected chi connectivity index (χ4v) is 3.38. The first-order valence-electron chi connectivity index (χ1n) is 6.06. The van der Waals surface area contributed by atoms with E-state index < -0.39 is 15.8 Å². The molecule has 0 atom stereocenters. The van der Waals surface area contributed by atoms with Crippen molar-refractivity contribution in [3.05, 3.63) is 42.2 Å². The Morgan fingerprint density at radius 3 is 2.65 bits per heavy atom. The van der Waals surface area contributed by atoms with Crippen LogP contribution in [-0.4, -0.2) is 35.0 Å². The van der Waals surface area contributed by atoms with E-state index in [1.165, 1.54) is 23.1 Å². The second-order valence-corrected chi connectivity index (χ2v) is 6.34. The Morgan fingerprint density at radius 1 is 1.35 bits per heavy atom. The van der Waals surface area contributed by atoms with E-state index in [2.05, 4.69) is 5.10 Å². The zero-order chi connectivity index (χ0) is 14.8. The monoisotopic (exact) mass is 294 g/mol. The number of para-hydroxylation sites is 1. The number of carboxylic acid groups (broad SMARTS) is 1. The second kappa shape index (κ2) is 5.46. The number of nitrogens with zero attached hydrogens (tertiary/aromatic N) is 2. The number of carbonyl (C=O) groups is 1. The normalized spacial score (nSPS) is 11.4. The third-order valence-electron chi connectivity index (χ3n) is 2.75. The lowest BCUT2D eigenvalue weighted by Crippen LogP contribution is -2.10. The van der Waals surface area contributed by atoms with E-state index in [1.807, 2.05) is 0 Å². The second-order valence-electron chi connectivity index (χ2n) is 4.27. The Kier molecular flexibility index (Phi) is 3.89. The van der Waals surface area contributed by atoms with Gasteiger partial charge in [-0.05, 0) is 18.6 Å². The van der Waals surface area contributed by atoms with Crippen molar-refractivity contribution in [3.63, 3.8) is 0 Å². The highest BCUT2D eigenvalue weighted by Gasteiger charge is 2.19. The van der Waals surface area contributed by atoms with Crippen LogP contribution in [0.25, 0.3) is 5.69 Å². The van der Waals surface area contributed by atoms with Crippen molar-refractivity contribution >= 4 is 15.8 Å². The summed E-state index contributed by atoms with van der Waals surface area (Å²) in [4.78, 5) is 11.0. The van der Waals surface area contributed by atoms with Gasteiger partial charge in [0.2, 0.25) is 0 Å². The van der Waals surface area contributed by atoms with Crippen molar-refractivity contribution in [2.24, 2.45) is 0 Å². The van der Waals surface area contributed by atoms with E-state index in [9.17, 15) is 13.2 Å². The van der Waals surface area contributed by atoms with Gasteiger partial charge in [-0.2, -0.15) is 5.10 Å². The van der Waals surface area contributed by atoms with Crippen molar-refractivity contribution in [2.75, 3.05) is 5.75 Å². The standard InChI is InChI=1S/C13H14N2O4S/c1-2-7-20(18,19)12-6-4-3-5-11(12)15-9-10(8-14-15)13(16)17/h3-6,8-9H,2,7H2,1H3,(H,16,17). The number of aromatic nitrogens is 2. The molecule has 0 saturated heterocycles. The van der Waals surface area contributed by atoms with Gasteiger partial charge in [0.25, 0.3) is 0 Å². The first-order chi connectivity index (χ1) is 9.45. The van der Waals surface area contributed by atoms with Gasteiger partial charge in [-0.15, -0.1) is 0 Å². The number of benzene rings is 1. The quantitative estimate of drug-likeness (QED) is 0.907. The molecule has 106 valence electrons. The van der Waals surface area contributed by atoms with Gasteiger partial charge in [0.05, 0.1) is 28.1 Å². The predicted molar refractivity (Wildman–Crippen MR) is 72.9 cm³/mol. The predicted octanol–water partition coefficient (Wildman–Crippen LogP) is 1.75. The summed E-state index contributed by atoms with van der Waals surface area (Å²) in [5.74, 6) is -1.07. The lowest BCUT2D eigenvalue weighted by molar-refractivity contribution is 0.0697. The molecule has 6 nitrogen and oxygen atoms in total. The summed E-state index contributed by atoms with van der Waals surface area (Å²) >= 11 is 0. The Balaban J connectivity index is 2.55. The molecule has 1 N–H and O–H groups in total. The number of hydrogen-bond donors (Lipinski definition) is 1. The van der Waals surface area contributed by atoms with E-state index >= 15 is 0 Å². The lowest BCUT2D eigenvalue weighted by atomic mass is 10.3. The van der Waals surface area contributed by atoms with Crippen molar-refractivity contribution < 1.29 is 18.3 Å². The Morgan fingerprint density at radius 2 is 2.05 bits per heavy atom. The van der Waals surface area contributed by atoms with Gasteiger partial charge in [0, 0.05) is 6.20 Å². The van der Waals surface area contributed by atoms with Crippen LogP contribution < -0.4 is 0 Å². The van der Waals surface area contributed by atoms with Crippen LogP contribution in [-0.2, 0) is 9.84 Å². The van der Waals surface area contributed by atoms with Crippen LogP contribution in [0.1, 0.15) is 23.7 Å². The Labute approximate surface area is 116 Å². The zero-order valence-electron chi connectivity index (χ0n) is 10.9. The van der Waals surface area contributed by atoms with Crippen molar-refractivity contribution in [3.8, 4) is 5.69 Å². The molecule has 0 aliphatic carbocycles. The summed E-state index contributed by atoms with van der Waals surface area (Å²) in [6, 6.07) is 6.42. The maximum atomic E-state index is 12.2. The van der Waals surface area contributed by atoms with E-state index in [0.29, 0.717) is 12.1 Å². The fraction of sp³-hybridized carbons (Fsp3) is 0.231. The van der Waals surface area contributed by atoms with Crippen molar-refractivity contribution in [2.45, 2.75) is 18.2 Å². The highest BCUT2D eigenvalue weighted by Crippen LogP contribution is 2.21.